The van der Waals surface area contributed by atoms with Gasteiger partial charge in [-0.3, -0.25) is 9.59 Å². The molecule has 16 atom stereocenters. The molecule has 10 rings (SSSR count). The number of esters is 2. The highest BCUT2D eigenvalue weighted by molar-refractivity contribution is 5.77. The van der Waals surface area contributed by atoms with Crippen molar-refractivity contribution >= 4 is 11.9 Å². The number of carbonyl (C=O) groups excluding carboxylic acids is 2. The lowest BCUT2D eigenvalue weighted by Crippen LogP contribution is -2.70. The quantitative estimate of drug-likeness (QED) is 0.202. The molecule has 12 nitrogen and oxygen atoms in total. The molecule has 0 radical (unpaired) electrons. The average molecular weight is 707 g/mol. The van der Waals surface area contributed by atoms with Gasteiger partial charge in [0.2, 0.25) is 11.6 Å². The summed E-state index contributed by atoms with van der Waals surface area (Å²) in [6, 6.07) is 0. The lowest BCUT2D eigenvalue weighted by molar-refractivity contribution is -0.571. The molecule has 2 saturated carbocycles. The molecule has 0 aromatic heterocycles. The SMILES string of the molecule is C[C@H]1[C@@H](CCOC(=O)CCC(=O)OCC[C@H]2O[C@@H]3O[C@]4(C)CC[C@H]5[C@H](C)CC[C@@H]([C@H]2C)[C@@]35OO4)O[C@@H]2O[C@]3(C)CC[C@H]4[C@H](C)CC[C@@H]1[C@@]24OO3. The number of hydrogen-bond donors (Lipinski definition) is 0. The van der Waals surface area contributed by atoms with Gasteiger partial charge in [0.25, 0.3) is 0 Å². The number of carbonyl (C=O) groups is 2. The van der Waals surface area contributed by atoms with E-state index < -0.39 is 47.3 Å². The van der Waals surface area contributed by atoms with E-state index in [2.05, 4.69) is 27.7 Å². The zero-order chi connectivity index (χ0) is 35.1. The third kappa shape index (κ3) is 5.77. The first-order valence-electron chi connectivity index (χ1n) is 19.6. The molecule has 8 aliphatic heterocycles. The zero-order valence-corrected chi connectivity index (χ0v) is 30.7. The smallest absolute Gasteiger partial charge is 0.306 e. The first-order chi connectivity index (χ1) is 23.9. The van der Waals surface area contributed by atoms with E-state index in [9.17, 15) is 9.59 Å². The summed E-state index contributed by atoms with van der Waals surface area (Å²) in [5.74, 6) is -0.0398. The van der Waals surface area contributed by atoms with Gasteiger partial charge in [0.1, 0.15) is 0 Å². The molecule has 2 spiro atoms. The lowest BCUT2D eigenvalue weighted by Gasteiger charge is -2.60. The Bertz CT molecular complexity index is 1200. The van der Waals surface area contributed by atoms with Crippen molar-refractivity contribution in [1.29, 1.82) is 0 Å². The normalized spacial score (nSPS) is 51.9. The fraction of sp³-hybridized carbons (Fsp3) is 0.947. The minimum atomic E-state index is -0.822. The van der Waals surface area contributed by atoms with Crippen LogP contribution in [0.2, 0.25) is 0 Å². The molecule has 0 amide bonds. The van der Waals surface area contributed by atoms with E-state index in [1.165, 1.54) is 0 Å². The molecule has 0 N–H and O–H groups in total. The minimum absolute atomic E-state index is 0.0349. The molecule has 8 saturated heterocycles. The van der Waals surface area contributed by atoms with Gasteiger partial charge in [-0.05, 0) is 87.9 Å². The van der Waals surface area contributed by atoms with Gasteiger partial charge in [0.15, 0.2) is 23.8 Å². The van der Waals surface area contributed by atoms with E-state index in [1.807, 2.05) is 13.8 Å². The third-order valence-electron chi connectivity index (χ3n) is 14.5. The van der Waals surface area contributed by atoms with Crippen LogP contribution in [-0.2, 0) is 57.6 Å². The van der Waals surface area contributed by atoms with Crippen molar-refractivity contribution in [3.05, 3.63) is 0 Å². The number of fused-ring (bicyclic) bond motifs is 4. The van der Waals surface area contributed by atoms with E-state index >= 15 is 0 Å². The van der Waals surface area contributed by atoms with Crippen molar-refractivity contribution in [2.75, 3.05) is 13.2 Å². The largest absolute Gasteiger partial charge is 0.466 e. The molecule has 2 aliphatic carbocycles. The molecular weight excluding hydrogens is 648 g/mol. The lowest BCUT2D eigenvalue weighted by atomic mass is 9.57. The van der Waals surface area contributed by atoms with Crippen LogP contribution in [0.1, 0.15) is 119 Å². The Balaban J connectivity index is 0.785. The first-order valence-corrected chi connectivity index (χ1v) is 19.6. The molecule has 282 valence electrons. The molecule has 50 heavy (non-hydrogen) atoms. The van der Waals surface area contributed by atoms with Crippen LogP contribution in [0, 0.1) is 47.3 Å². The Morgan fingerprint density at radius 1 is 0.580 bits per heavy atom. The molecule has 12 heteroatoms. The number of ether oxygens (including phenoxy) is 6. The predicted molar refractivity (Wildman–Crippen MR) is 174 cm³/mol. The summed E-state index contributed by atoms with van der Waals surface area (Å²) in [4.78, 5) is 49.6. The van der Waals surface area contributed by atoms with Gasteiger partial charge >= 0.3 is 11.9 Å². The number of hydrogen-bond acceptors (Lipinski definition) is 12. The first kappa shape index (κ1) is 35.6. The van der Waals surface area contributed by atoms with Gasteiger partial charge < -0.3 is 28.4 Å². The maximum atomic E-state index is 12.6. The molecular formula is C38H58O12. The van der Waals surface area contributed by atoms with Crippen molar-refractivity contribution in [2.24, 2.45) is 47.3 Å². The zero-order valence-electron chi connectivity index (χ0n) is 30.7. The summed E-state index contributed by atoms with van der Waals surface area (Å²) in [5, 5.41) is 0. The maximum Gasteiger partial charge on any atom is 0.306 e. The maximum absolute atomic E-state index is 12.6. The summed E-state index contributed by atoms with van der Waals surface area (Å²) in [6.07, 6.45) is 7.53. The Labute approximate surface area is 296 Å². The highest BCUT2D eigenvalue weighted by atomic mass is 17.3. The van der Waals surface area contributed by atoms with Crippen LogP contribution in [-0.4, -0.2) is 72.7 Å². The van der Waals surface area contributed by atoms with Crippen molar-refractivity contribution in [3.8, 4) is 0 Å². The van der Waals surface area contributed by atoms with Gasteiger partial charge in [0, 0.05) is 37.5 Å². The predicted octanol–water partition coefficient (Wildman–Crippen LogP) is 6.13. The highest BCUT2D eigenvalue weighted by Gasteiger charge is 2.70. The van der Waals surface area contributed by atoms with Gasteiger partial charge in [-0.1, -0.05) is 27.7 Å². The summed E-state index contributed by atoms with van der Waals surface area (Å²) in [7, 11) is 0. The molecule has 0 aromatic carbocycles. The average Bonchev–Trinajstić information content (AvgIpc) is 3.46. The fourth-order valence-electron chi connectivity index (χ4n) is 11.5. The van der Waals surface area contributed by atoms with Crippen molar-refractivity contribution in [2.45, 2.75) is 166 Å². The second kappa shape index (κ2) is 13.2. The van der Waals surface area contributed by atoms with E-state index in [1.54, 1.807) is 0 Å². The second-order valence-corrected chi connectivity index (χ2v) is 17.4. The minimum Gasteiger partial charge on any atom is -0.466 e. The van der Waals surface area contributed by atoms with Crippen molar-refractivity contribution < 1.29 is 57.6 Å². The van der Waals surface area contributed by atoms with Crippen LogP contribution >= 0.6 is 0 Å². The summed E-state index contributed by atoms with van der Waals surface area (Å²) < 4.78 is 37.2. The number of rotatable bonds is 9. The molecule has 10 fully saturated rings. The van der Waals surface area contributed by atoms with Gasteiger partial charge in [-0.2, -0.15) is 0 Å². The van der Waals surface area contributed by atoms with Crippen LogP contribution in [0.5, 0.6) is 0 Å². The topological polar surface area (TPSA) is 126 Å². The van der Waals surface area contributed by atoms with E-state index in [4.69, 9.17) is 48.0 Å². The third-order valence-corrected chi connectivity index (χ3v) is 14.5. The molecule has 10 aliphatic rings. The second-order valence-electron chi connectivity index (χ2n) is 17.4. The fourth-order valence-corrected chi connectivity index (χ4v) is 11.5. The highest BCUT2D eigenvalue weighted by Crippen LogP contribution is 2.62. The Morgan fingerprint density at radius 2 is 1.00 bits per heavy atom. The van der Waals surface area contributed by atoms with Crippen LogP contribution in [0.15, 0.2) is 0 Å². The summed E-state index contributed by atoms with van der Waals surface area (Å²) in [6.45, 7) is 13.3. The summed E-state index contributed by atoms with van der Waals surface area (Å²) >= 11 is 0. The molecule has 8 heterocycles. The molecule has 0 unspecified atom stereocenters. The van der Waals surface area contributed by atoms with Gasteiger partial charge in [0.05, 0.1) is 38.3 Å². The van der Waals surface area contributed by atoms with Gasteiger partial charge in [-0.15, -0.1) is 0 Å². The van der Waals surface area contributed by atoms with Crippen LogP contribution in [0.4, 0.5) is 0 Å². The molecule has 0 aromatic rings. The van der Waals surface area contributed by atoms with Crippen LogP contribution in [0.3, 0.4) is 0 Å². The Kier molecular flexibility index (Phi) is 9.39. The monoisotopic (exact) mass is 706 g/mol. The van der Waals surface area contributed by atoms with E-state index in [0.717, 1.165) is 51.4 Å². The molecule has 4 bridgehead atoms. The van der Waals surface area contributed by atoms with Crippen molar-refractivity contribution in [1.82, 2.24) is 0 Å². The van der Waals surface area contributed by atoms with E-state index in [0.29, 0.717) is 36.5 Å². The van der Waals surface area contributed by atoms with Crippen molar-refractivity contribution in [3.63, 3.8) is 0 Å². The van der Waals surface area contributed by atoms with Crippen LogP contribution < -0.4 is 0 Å². The Hall–Kier alpha value is -1.38. The van der Waals surface area contributed by atoms with Crippen LogP contribution in [0.25, 0.3) is 0 Å². The summed E-state index contributed by atoms with van der Waals surface area (Å²) in [5.41, 5.74) is -1.21. The standard InChI is InChI=1S/C38H58O12/c1-21-7-9-27-23(3)29(43-33-37(27)25(21)13-17-35(5,45-33)47-49-37)15-19-41-31(39)11-12-32(40)42-20-16-30-24(4)28-10-8-22(2)26-14-18-36(6)46-34(44-30)38(26,28)50-48-36/h21-30,33-34H,7-20H2,1-6H3/t21-,22-,23-,24-,25+,26+,27+,28+,29-,30-,33-,34-,35+,36+,37-,38-/m1/s1. The Morgan fingerprint density at radius 3 is 1.42 bits per heavy atom. The van der Waals surface area contributed by atoms with Gasteiger partial charge in [-0.25, -0.2) is 19.6 Å². The van der Waals surface area contributed by atoms with E-state index in [-0.39, 0.29) is 61.9 Å².